The number of carbonyl (C=O) groups is 2. The number of carbonyl (C=O) groups excluding carboxylic acids is 2. The van der Waals surface area contributed by atoms with E-state index >= 15 is 0 Å². The Balaban J connectivity index is 2.33. The van der Waals surface area contributed by atoms with Gasteiger partial charge in [-0.1, -0.05) is 68.3 Å². The van der Waals surface area contributed by atoms with Crippen molar-refractivity contribution in [3.63, 3.8) is 0 Å². The van der Waals surface area contributed by atoms with Crippen molar-refractivity contribution in [3.8, 4) is 0 Å². The van der Waals surface area contributed by atoms with Crippen molar-refractivity contribution >= 4 is 33.4 Å². The highest BCUT2D eigenvalue weighted by Gasteiger charge is 2.31. The molecule has 0 aliphatic heterocycles. The summed E-state index contributed by atoms with van der Waals surface area (Å²) >= 11 is 5.91. The standard InChI is InChI=1S/C21H26ClN3O5S/c1-3-14(2)19(21(27)24-28)23-20(26)18(12-15-8-5-4-6-9-15)25-31(29,30)17-11-7-10-16(22)13-17/h4-11,13-14,18-19,25,28H,3,12H2,1-2H3,(H,23,26)(H,24,27)/t14-,18-,19-/m0/s1. The van der Waals surface area contributed by atoms with Gasteiger partial charge in [0.15, 0.2) is 0 Å². The fourth-order valence-corrected chi connectivity index (χ4v) is 4.45. The number of amides is 2. The lowest BCUT2D eigenvalue weighted by atomic mass is 9.97. The summed E-state index contributed by atoms with van der Waals surface area (Å²) in [6, 6.07) is 12.3. The zero-order valence-corrected chi connectivity index (χ0v) is 18.8. The molecule has 31 heavy (non-hydrogen) atoms. The molecule has 0 heterocycles. The van der Waals surface area contributed by atoms with E-state index in [2.05, 4.69) is 10.0 Å². The maximum Gasteiger partial charge on any atom is 0.266 e. The van der Waals surface area contributed by atoms with Crippen molar-refractivity contribution in [1.82, 2.24) is 15.5 Å². The Bertz CT molecular complexity index is 1000. The fourth-order valence-electron chi connectivity index (χ4n) is 2.95. The van der Waals surface area contributed by atoms with Crippen LogP contribution >= 0.6 is 11.6 Å². The van der Waals surface area contributed by atoms with E-state index in [1.54, 1.807) is 48.8 Å². The highest BCUT2D eigenvalue weighted by atomic mass is 35.5. The summed E-state index contributed by atoms with van der Waals surface area (Å²) in [5, 5.41) is 11.8. The number of rotatable bonds is 10. The molecule has 2 aromatic carbocycles. The van der Waals surface area contributed by atoms with E-state index in [4.69, 9.17) is 16.8 Å². The largest absolute Gasteiger partial charge is 0.343 e. The van der Waals surface area contributed by atoms with E-state index < -0.39 is 33.9 Å². The number of halogens is 1. The quantitative estimate of drug-likeness (QED) is 0.315. The Morgan fingerprint density at radius 3 is 2.32 bits per heavy atom. The Hall–Kier alpha value is -2.46. The number of nitrogens with one attached hydrogen (secondary N) is 3. The first kappa shape index (κ1) is 24.8. The summed E-state index contributed by atoms with van der Waals surface area (Å²) in [6.45, 7) is 3.57. The molecule has 2 aromatic rings. The highest BCUT2D eigenvalue weighted by Crippen LogP contribution is 2.17. The normalized spacial score (nSPS) is 14.3. The second-order valence-electron chi connectivity index (χ2n) is 7.17. The fraction of sp³-hybridized carbons (Fsp3) is 0.333. The van der Waals surface area contributed by atoms with Crippen LogP contribution in [-0.4, -0.2) is 37.5 Å². The van der Waals surface area contributed by atoms with Crippen molar-refractivity contribution in [2.24, 2.45) is 5.92 Å². The molecule has 0 bridgehead atoms. The van der Waals surface area contributed by atoms with Crippen molar-refractivity contribution in [3.05, 3.63) is 65.2 Å². The van der Waals surface area contributed by atoms with Crippen LogP contribution in [-0.2, 0) is 26.0 Å². The monoisotopic (exact) mass is 467 g/mol. The van der Waals surface area contributed by atoms with E-state index in [0.29, 0.717) is 6.42 Å². The Labute approximate surface area is 187 Å². The molecule has 0 saturated heterocycles. The van der Waals surface area contributed by atoms with Gasteiger partial charge in [0.05, 0.1) is 4.90 Å². The van der Waals surface area contributed by atoms with Crippen LogP contribution in [0.1, 0.15) is 25.8 Å². The lowest BCUT2D eigenvalue weighted by Crippen LogP contribution is -2.56. The molecule has 0 aliphatic carbocycles. The maximum absolute atomic E-state index is 13.0. The SMILES string of the molecule is CC[C@H](C)[C@H](NC(=O)[C@H](Cc1ccccc1)NS(=O)(=O)c1cccc(Cl)c1)C(=O)NO. The third-order valence-electron chi connectivity index (χ3n) is 4.91. The molecule has 168 valence electrons. The van der Waals surface area contributed by atoms with Crippen molar-refractivity contribution < 1.29 is 23.2 Å². The van der Waals surface area contributed by atoms with E-state index in [0.717, 1.165) is 5.56 Å². The first-order valence-electron chi connectivity index (χ1n) is 9.74. The van der Waals surface area contributed by atoms with Gasteiger partial charge in [-0.25, -0.2) is 13.9 Å². The summed E-state index contributed by atoms with van der Waals surface area (Å²) < 4.78 is 28.2. The smallest absolute Gasteiger partial charge is 0.266 e. The van der Waals surface area contributed by atoms with Crippen molar-refractivity contribution in [1.29, 1.82) is 0 Å². The minimum atomic E-state index is -4.08. The van der Waals surface area contributed by atoms with Crippen LogP contribution in [0.2, 0.25) is 5.02 Å². The van der Waals surface area contributed by atoms with Crippen LogP contribution in [0.15, 0.2) is 59.5 Å². The van der Waals surface area contributed by atoms with Gasteiger partial charge in [0.25, 0.3) is 5.91 Å². The lowest BCUT2D eigenvalue weighted by Gasteiger charge is -2.25. The van der Waals surface area contributed by atoms with Gasteiger partial charge in [-0.15, -0.1) is 0 Å². The van der Waals surface area contributed by atoms with Crippen LogP contribution in [0.5, 0.6) is 0 Å². The summed E-state index contributed by atoms with van der Waals surface area (Å²) in [4.78, 5) is 25.0. The summed E-state index contributed by atoms with van der Waals surface area (Å²) in [5.74, 6) is -1.76. The Morgan fingerprint density at radius 2 is 1.74 bits per heavy atom. The number of hydrogen-bond donors (Lipinski definition) is 4. The molecule has 3 atom stereocenters. The average Bonchev–Trinajstić information content (AvgIpc) is 2.76. The highest BCUT2D eigenvalue weighted by molar-refractivity contribution is 7.89. The molecule has 2 amide bonds. The van der Waals surface area contributed by atoms with Gasteiger partial charge in [-0.3, -0.25) is 14.8 Å². The molecule has 8 nitrogen and oxygen atoms in total. The molecule has 0 fully saturated rings. The van der Waals surface area contributed by atoms with E-state index in [9.17, 15) is 18.0 Å². The Kier molecular flexibility index (Phi) is 9.00. The second-order valence-corrected chi connectivity index (χ2v) is 9.32. The molecule has 10 heteroatoms. The van der Waals surface area contributed by atoms with Gasteiger partial charge in [0.1, 0.15) is 12.1 Å². The van der Waals surface area contributed by atoms with Crippen LogP contribution < -0.4 is 15.5 Å². The van der Waals surface area contributed by atoms with E-state index in [-0.39, 0.29) is 22.3 Å². The van der Waals surface area contributed by atoms with Crippen LogP contribution in [0, 0.1) is 5.92 Å². The molecule has 0 aliphatic rings. The zero-order valence-electron chi connectivity index (χ0n) is 17.2. The molecule has 0 spiro atoms. The first-order valence-corrected chi connectivity index (χ1v) is 11.6. The van der Waals surface area contributed by atoms with Gasteiger partial charge < -0.3 is 5.32 Å². The predicted octanol–water partition coefficient (Wildman–Crippen LogP) is 2.27. The molecule has 2 rings (SSSR count). The molecule has 4 N–H and O–H groups in total. The number of hydrogen-bond acceptors (Lipinski definition) is 5. The summed E-state index contributed by atoms with van der Waals surface area (Å²) in [6.07, 6.45) is 0.608. The predicted molar refractivity (Wildman–Crippen MR) is 117 cm³/mol. The van der Waals surface area contributed by atoms with Crippen LogP contribution in [0.4, 0.5) is 0 Å². The zero-order chi connectivity index (χ0) is 23.0. The molecule has 0 saturated carbocycles. The average molecular weight is 468 g/mol. The summed E-state index contributed by atoms with van der Waals surface area (Å²) in [5.41, 5.74) is 2.27. The molecule has 0 radical (unpaired) electrons. The van der Waals surface area contributed by atoms with Gasteiger partial charge in [0.2, 0.25) is 15.9 Å². The third kappa shape index (κ3) is 7.03. The lowest BCUT2D eigenvalue weighted by molar-refractivity contribution is -0.136. The topological polar surface area (TPSA) is 125 Å². The minimum Gasteiger partial charge on any atom is -0.343 e. The van der Waals surface area contributed by atoms with Crippen molar-refractivity contribution in [2.75, 3.05) is 0 Å². The van der Waals surface area contributed by atoms with Gasteiger partial charge in [-0.2, -0.15) is 4.72 Å². The number of sulfonamides is 1. The first-order chi connectivity index (χ1) is 14.7. The molecule has 0 aromatic heterocycles. The van der Waals surface area contributed by atoms with Gasteiger partial charge in [0, 0.05) is 5.02 Å². The molecule has 0 unspecified atom stereocenters. The third-order valence-corrected chi connectivity index (χ3v) is 6.61. The van der Waals surface area contributed by atoms with Crippen molar-refractivity contribution in [2.45, 2.75) is 43.7 Å². The maximum atomic E-state index is 13.0. The van der Waals surface area contributed by atoms with Crippen LogP contribution in [0.3, 0.4) is 0 Å². The number of benzene rings is 2. The van der Waals surface area contributed by atoms with E-state index in [1.807, 2.05) is 6.92 Å². The van der Waals surface area contributed by atoms with Gasteiger partial charge >= 0.3 is 0 Å². The number of hydroxylamine groups is 1. The molecular weight excluding hydrogens is 442 g/mol. The minimum absolute atomic E-state index is 0.0560. The molecular formula is C21H26ClN3O5S. The second kappa shape index (κ2) is 11.2. The van der Waals surface area contributed by atoms with Gasteiger partial charge in [-0.05, 0) is 36.1 Å². The van der Waals surface area contributed by atoms with E-state index in [1.165, 1.54) is 18.2 Å². The summed E-state index contributed by atoms with van der Waals surface area (Å²) in [7, 11) is -4.08. The Morgan fingerprint density at radius 1 is 1.06 bits per heavy atom. The van der Waals surface area contributed by atoms with Crippen LogP contribution in [0.25, 0.3) is 0 Å².